The SMILES string of the molecule is CNC(c1ccc(Cl)cc1Cl)C1CCS(=O)(=O)C1. The average molecular weight is 308 g/mol. The van der Waals surface area contributed by atoms with Crippen LogP contribution in [0.1, 0.15) is 18.0 Å². The summed E-state index contributed by atoms with van der Waals surface area (Å²) in [5.41, 5.74) is 0.908. The van der Waals surface area contributed by atoms with Gasteiger partial charge in [0.1, 0.15) is 0 Å². The summed E-state index contributed by atoms with van der Waals surface area (Å²) < 4.78 is 23.1. The molecule has 0 spiro atoms. The van der Waals surface area contributed by atoms with Crippen LogP contribution in [0.5, 0.6) is 0 Å². The molecule has 0 amide bonds. The Hall–Kier alpha value is -0.290. The second-order valence-electron chi connectivity index (χ2n) is 4.60. The predicted molar refractivity (Wildman–Crippen MR) is 75.0 cm³/mol. The Morgan fingerprint density at radius 1 is 1.39 bits per heavy atom. The van der Waals surface area contributed by atoms with Crippen molar-refractivity contribution in [2.75, 3.05) is 18.6 Å². The number of sulfone groups is 1. The van der Waals surface area contributed by atoms with Crippen molar-refractivity contribution >= 4 is 33.0 Å². The maximum Gasteiger partial charge on any atom is 0.150 e. The third-order valence-electron chi connectivity index (χ3n) is 3.35. The van der Waals surface area contributed by atoms with Gasteiger partial charge in [-0.2, -0.15) is 0 Å². The average Bonchev–Trinajstić information content (AvgIpc) is 2.63. The number of halogens is 2. The van der Waals surface area contributed by atoms with E-state index < -0.39 is 9.84 Å². The Morgan fingerprint density at radius 2 is 2.11 bits per heavy atom. The van der Waals surface area contributed by atoms with Gasteiger partial charge in [-0.15, -0.1) is 0 Å². The molecule has 0 bridgehead atoms. The molecule has 0 radical (unpaired) electrons. The largest absolute Gasteiger partial charge is 0.313 e. The van der Waals surface area contributed by atoms with E-state index in [1.165, 1.54) is 0 Å². The molecule has 1 aromatic carbocycles. The fraction of sp³-hybridized carbons (Fsp3) is 0.500. The molecule has 2 atom stereocenters. The van der Waals surface area contributed by atoms with E-state index in [9.17, 15) is 8.42 Å². The van der Waals surface area contributed by atoms with Crippen LogP contribution in [0.3, 0.4) is 0 Å². The van der Waals surface area contributed by atoms with Gasteiger partial charge in [-0.3, -0.25) is 0 Å². The number of nitrogens with one attached hydrogen (secondary N) is 1. The van der Waals surface area contributed by atoms with Gasteiger partial charge >= 0.3 is 0 Å². The van der Waals surface area contributed by atoms with E-state index in [1.807, 2.05) is 13.1 Å². The maximum atomic E-state index is 11.5. The molecule has 1 N–H and O–H groups in total. The zero-order valence-electron chi connectivity index (χ0n) is 9.99. The highest BCUT2D eigenvalue weighted by atomic mass is 35.5. The molecule has 2 rings (SSSR count). The summed E-state index contributed by atoms with van der Waals surface area (Å²) in [6.07, 6.45) is 0.673. The van der Waals surface area contributed by atoms with Crippen molar-refractivity contribution in [2.45, 2.75) is 12.5 Å². The van der Waals surface area contributed by atoms with E-state index in [1.54, 1.807) is 12.1 Å². The lowest BCUT2D eigenvalue weighted by molar-refractivity contribution is 0.419. The van der Waals surface area contributed by atoms with Gasteiger partial charge < -0.3 is 5.32 Å². The van der Waals surface area contributed by atoms with Crippen LogP contribution in [0.4, 0.5) is 0 Å². The Labute approximate surface area is 117 Å². The van der Waals surface area contributed by atoms with Gasteiger partial charge in [-0.25, -0.2) is 8.42 Å². The van der Waals surface area contributed by atoms with Crippen LogP contribution in [-0.2, 0) is 9.84 Å². The molecule has 1 heterocycles. The van der Waals surface area contributed by atoms with E-state index in [4.69, 9.17) is 23.2 Å². The first-order valence-corrected chi connectivity index (χ1v) is 8.33. The van der Waals surface area contributed by atoms with Gasteiger partial charge in [0.15, 0.2) is 9.84 Å². The highest BCUT2D eigenvalue weighted by Crippen LogP contribution is 2.35. The first kappa shape index (κ1) is 14.1. The van der Waals surface area contributed by atoms with Gasteiger partial charge in [0.25, 0.3) is 0 Å². The van der Waals surface area contributed by atoms with Gasteiger partial charge in [0.2, 0.25) is 0 Å². The summed E-state index contributed by atoms with van der Waals surface area (Å²) in [4.78, 5) is 0. The number of rotatable bonds is 3. The van der Waals surface area contributed by atoms with Crippen molar-refractivity contribution in [3.63, 3.8) is 0 Å². The minimum absolute atomic E-state index is 0.0490. The van der Waals surface area contributed by atoms with Crippen molar-refractivity contribution in [1.29, 1.82) is 0 Å². The lowest BCUT2D eigenvalue weighted by Crippen LogP contribution is -2.26. The molecule has 1 aliphatic rings. The van der Waals surface area contributed by atoms with Crippen LogP contribution in [0.2, 0.25) is 10.0 Å². The second-order valence-corrected chi connectivity index (χ2v) is 7.67. The molecule has 1 saturated heterocycles. The molecule has 3 nitrogen and oxygen atoms in total. The zero-order valence-corrected chi connectivity index (χ0v) is 12.3. The Morgan fingerprint density at radius 3 is 2.61 bits per heavy atom. The summed E-state index contributed by atoms with van der Waals surface area (Å²) in [6.45, 7) is 0. The highest BCUT2D eigenvalue weighted by Gasteiger charge is 2.34. The van der Waals surface area contributed by atoms with Crippen LogP contribution in [-0.4, -0.2) is 27.0 Å². The molecule has 6 heteroatoms. The molecule has 2 unspecified atom stereocenters. The Balaban J connectivity index is 2.29. The van der Waals surface area contributed by atoms with Gasteiger partial charge in [-0.05, 0) is 37.1 Å². The minimum Gasteiger partial charge on any atom is -0.313 e. The lowest BCUT2D eigenvalue weighted by Gasteiger charge is -2.23. The molecular weight excluding hydrogens is 293 g/mol. The first-order chi connectivity index (χ1) is 8.43. The quantitative estimate of drug-likeness (QED) is 0.934. The predicted octanol–water partition coefficient (Wildman–Crippen LogP) is 2.69. The molecule has 1 aromatic rings. The first-order valence-electron chi connectivity index (χ1n) is 5.75. The van der Waals surface area contributed by atoms with Crippen LogP contribution in [0, 0.1) is 5.92 Å². The van der Waals surface area contributed by atoms with Crippen LogP contribution < -0.4 is 5.32 Å². The normalized spacial score (nSPS) is 24.1. The highest BCUT2D eigenvalue weighted by molar-refractivity contribution is 7.91. The molecule has 0 aromatic heterocycles. The van der Waals surface area contributed by atoms with Crippen molar-refractivity contribution in [1.82, 2.24) is 5.32 Å². The number of hydrogen-bond acceptors (Lipinski definition) is 3. The lowest BCUT2D eigenvalue weighted by atomic mass is 9.92. The third-order valence-corrected chi connectivity index (χ3v) is 5.70. The molecule has 100 valence electrons. The summed E-state index contributed by atoms with van der Waals surface area (Å²) in [5.74, 6) is 0.553. The standard InChI is InChI=1S/C12H15Cl2NO2S/c1-15-12(8-4-5-18(16,17)7-8)10-3-2-9(13)6-11(10)14/h2-3,6,8,12,15H,4-5,7H2,1H3. The van der Waals surface area contributed by atoms with E-state index >= 15 is 0 Å². The van der Waals surface area contributed by atoms with Gasteiger partial charge in [0, 0.05) is 16.1 Å². The van der Waals surface area contributed by atoms with Gasteiger partial charge in [0.05, 0.1) is 11.5 Å². The van der Waals surface area contributed by atoms with Crippen LogP contribution in [0.15, 0.2) is 18.2 Å². The molecule has 18 heavy (non-hydrogen) atoms. The van der Waals surface area contributed by atoms with E-state index in [-0.39, 0.29) is 23.5 Å². The van der Waals surface area contributed by atoms with Crippen LogP contribution >= 0.6 is 23.2 Å². The molecule has 1 aliphatic heterocycles. The van der Waals surface area contributed by atoms with Crippen LogP contribution in [0.25, 0.3) is 0 Å². The summed E-state index contributed by atoms with van der Waals surface area (Å²) >= 11 is 12.0. The fourth-order valence-electron chi connectivity index (χ4n) is 2.49. The number of hydrogen-bond donors (Lipinski definition) is 1. The zero-order chi connectivity index (χ0) is 13.3. The Bertz CT molecular complexity index is 545. The minimum atomic E-state index is -2.89. The Kier molecular flexibility index (Phi) is 4.22. The summed E-state index contributed by atoms with van der Waals surface area (Å²) in [5, 5.41) is 4.32. The summed E-state index contributed by atoms with van der Waals surface area (Å²) in [6, 6.07) is 5.27. The van der Waals surface area contributed by atoms with Crippen molar-refractivity contribution in [3.05, 3.63) is 33.8 Å². The monoisotopic (exact) mass is 307 g/mol. The van der Waals surface area contributed by atoms with E-state index in [2.05, 4.69) is 5.32 Å². The number of benzene rings is 1. The fourth-order valence-corrected chi connectivity index (χ4v) is 4.85. The van der Waals surface area contributed by atoms with E-state index in [0.29, 0.717) is 16.5 Å². The van der Waals surface area contributed by atoms with Crippen molar-refractivity contribution < 1.29 is 8.42 Å². The van der Waals surface area contributed by atoms with E-state index in [0.717, 1.165) is 5.56 Å². The van der Waals surface area contributed by atoms with Gasteiger partial charge in [-0.1, -0.05) is 29.3 Å². The second kappa shape index (κ2) is 5.37. The molecular formula is C12H15Cl2NO2S. The summed E-state index contributed by atoms with van der Waals surface area (Å²) in [7, 11) is -1.07. The molecule has 0 saturated carbocycles. The third kappa shape index (κ3) is 2.99. The van der Waals surface area contributed by atoms with Crippen molar-refractivity contribution in [3.8, 4) is 0 Å². The smallest absolute Gasteiger partial charge is 0.150 e. The molecule has 0 aliphatic carbocycles. The maximum absolute atomic E-state index is 11.5. The topological polar surface area (TPSA) is 46.2 Å². The van der Waals surface area contributed by atoms with Crippen molar-refractivity contribution in [2.24, 2.45) is 5.92 Å². The molecule has 1 fully saturated rings.